The highest BCUT2D eigenvalue weighted by Crippen LogP contribution is 2.32. The molecular formula is C24H27N9. The van der Waals surface area contributed by atoms with Gasteiger partial charge in [-0.25, -0.2) is 9.50 Å². The van der Waals surface area contributed by atoms with E-state index in [1.54, 1.807) is 15.4 Å². The molecule has 0 spiro atoms. The largest absolute Gasteiger partial charge is 0.354 e. The summed E-state index contributed by atoms with van der Waals surface area (Å²) in [6.45, 7) is 6.68. The quantitative estimate of drug-likeness (QED) is 0.506. The molecular weight excluding hydrogens is 414 g/mol. The van der Waals surface area contributed by atoms with Gasteiger partial charge in [-0.1, -0.05) is 0 Å². The minimum absolute atomic E-state index is 0.405. The number of pyridine rings is 2. The molecule has 1 fully saturated rings. The molecule has 0 aromatic carbocycles. The van der Waals surface area contributed by atoms with Crippen molar-refractivity contribution >= 4 is 11.3 Å². The smallest absolute Gasteiger partial charge is 0.128 e. The van der Waals surface area contributed by atoms with E-state index in [1.807, 2.05) is 31.8 Å². The Morgan fingerprint density at radius 2 is 1.85 bits per heavy atom. The van der Waals surface area contributed by atoms with Gasteiger partial charge < -0.3 is 10.6 Å². The summed E-state index contributed by atoms with van der Waals surface area (Å²) in [5, 5.41) is 18.3. The lowest BCUT2D eigenvalue weighted by Crippen LogP contribution is -2.51. The Kier molecular flexibility index (Phi) is 5.54. The molecule has 33 heavy (non-hydrogen) atoms. The molecule has 0 aliphatic carbocycles. The summed E-state index contributed by atoms with van der Waals surface area (Å²) >= 11 is 0. The number of fused-ring (bicyclic) bond motifs is 1. The lowest BCUT2D eigenvalue weighted by molar-refractivity contribution is 0.201. The zero-order valence-corrected chi connectivity index (χ0v) is 18.9. The highest BCUT2D eigenvalue weighted by atomic mass is 15.3. The number of anilines is 1. The van der Waals surface area contributed by atoms with E-state index in [4.69, 9.17) is 10.7 Å². The molecule has 2 N–H and O–H groups in total. The van der Waals surface area contributed by atoms with Crippen LogP contribution in [-0.4, -0.2) is 68.0 Å². The predicted octanol–water partition coefficient (Wildman–Crippen LogP) is 2.14. The van der Waals surface area contributed by atoms with E-state index in [-0.39, 0.29) is 0 Å². The van der Waals surface area contributed by atoms with Crippen molar-refractivity contribution in [1.29, 1.82) is 5.26 Å². The van der Waals surface area contributed by atoms with Gasteiger partial charge >= 0.3 is 0 Å². The third-order valence-corrected chi connectivity index (χ3v) is 6.43. The number of aromatic nitrogens is 5. The molecule has 1 saturated heterocycles. The van der Waals surface area contributed by atoms with Crippen LogP contribution in [-0.2, 0) is 7.05 Å². The third kappa shape index (κ3) is 3.95. The normalized spacial score (nSPS) is 15.6. The second-order valence-corrected chi connectivity index (χ2v) is 8.52. The van der Waals surface area contributed by atoms with Gasteiger partial charge in [-0.3, -0.25) is 9.58 Å². The van der Waals surface area contributed by atoms with Crippen LogP contribution in [0.2, 0.25) is 0 Å². The molecule has 0 bridgehead atoms. The lowest BCUT2D eigenvalue weighted by atomic mass is 10.0. The topological polar surface area (TPSA) is 104 Å². The summed E-state index contributed by atoms with van der Waals surface area (Å²) in [5.74, 6) is 0.965. The van der Waals surface area contributed by atoms with Crippen molar-refractivity contribution in [3.8, 4) is 28.3 Å². The highest BCUT2D eigenvalue weighted by Gasteiger charge is 2.21. The lowest BCUT2D eigenvalue weighted by Gasteiger charge is -2.38. The molecule has 0 amide bonds. The van der Waals surface area contributed by atoms with Crippen molar-refractivity contribution in [2.75, 3.05) is 37.6 Å². The van der Waals surface area contributed by atoms with E-state index in [0.717, 1.165) is 59.8 Å². The Hall–Kier alpha value is -3.74. The monoisotopic (exact) mass is 441 g/mol. The second-order valence-electron chi connectivity index (χ2n) is 8.52. The maximum absolute atomic E-state index is 9.63. The van der Waals surface area contributed by atoms with Crippen molar-refractivity contribution in [3.05, 3.63) is 54.7 Å². The van der Waals surface area contributed by atoms with Gasteiger partial charge in [0.2, 0.25) is 0 Å². The Balaban J connectivity index is 1.48. The Labute approximate surface area is 192 Å². The molecule has 5 rings (SSSR count). The summed E-state index contributed by atoms with van der Waals surface area (Å²) < 4.78 is 3.54. The molecule has 1 unspecified atom stereocenters. The van der Waals surface area contributed by atoms with Gasteiger partial charge in [0, 0.05) is 86.7 Å². The summed E-state index contributed by atoms with van der Waals surface area (Å²) in [6, 6.07) is 8.89. The molecule has 9 nitrogen and oxygen atoms in total. The average Bonchev–Trinajstić information content (AvgIpc) is 3.49. The van der Waals surface area contributed by atoms with Crippen molar-refractivity contribution < 1.29 is 0 Å². The van der Waals surface area contributed by atoms with Gasteiger partial charge in [0.25, 0.3) is 0 Å². The van der Waals surface area contributed by atoms with Crippen molar-refractivity contribution in [1.82, 2.24) is 29.3 Å². The predicted molar refractivity (Wildman–Crippen MR) is 128 cm³/mol. The first-order chi connectivity index (χ1) is 16.1. The SMILES string of the molecule is CC(CN)N1CCN(c2ccc(-c3cc(-c4cnn(C)c4)cn4ncc(C#N)c34)cn2)CC1. The first-order valence-electron chi connectivity index (χ1n) is 11.1. The van der Waals surface area contributed by atoms with Crippen LogP contribution in [0, 0.1) is 11.3 Å². The fraction of sp³-hybridized carbons (Fsp3) is 0.333. The third-order valence-electron chi connectivity index (χ3n) is 6.43. The number of rotatable bonds is 5. The number of nitriles is 1. The number of hydrogen-bond donors (Lipinski definition) is 1. The van der Waals surface area contributed by atoms with Crippen LogP contribution in [0.5, 0.6) is 0 Å². The van der Waals surface area contributed by atoms with E-state index in [1.165, 1.54) is 0 Å². The Bertz CT molecular complexity index is 1300. The van der Waals surface area contributed by atoms with Crippen LogP contribution in [0.4, 0.5) is 5.82 Å². The first-order valence-corrected chi connectivity index (χ1v) is 11.1. The molecule has 4 aromatic heterocycles. The average molecular weight is 442 g/mol. The van der Waals surface area contributed by atoms with E-state index in [2.05, 4.69) is 51.2 Å². The minimum Gasteiger partial charge on any atom is -0.354 e. The standard InChI is InChI=1S/C24H27N9/c1-17(10-25)31-5-7-32(8-6-31)23-4-3-18(12-27-23)22-9-19(21-14-28-30(2)15-21)16-33-24(22)20(11-26)13-29-33/h3-4,9,12-17H,5-8,10,25H2,1-2H3. The molecule has 5 heterocycles. The summed E-state index contributed by atoms with van der Waals surface area (Å²) in [6.07, 6.45) is 9.22. The number of aryl methyl sites for hydroxylation is 1. The van der Waals surface area contributed by atoms with Gasteiger partial charge in [-0.2, -0.15) is 15.5 Å². The highest BCUT2D eigenvalue weighted by molar-refractivity contribution is 5.87. The molecule has 1 atom stereocenters. The van der Waals surface area contributed by atoms with E-state index < -0.39 is 0 Å². The van der Waals surface area contributed by atoms with Gasteiger partial charge in [0.1, 0.15) is 11.9 Å². The molecule has 0 radical (unpaired) electrons. The van der Waals surface area contributed by atoms with Crippen molar-refractivity contribution in [2.45, 2.75) is 13.0 Å². The number of hydrogen-bond acceptors (Lipinski definition) is 7. The van der Waals surface area contributed by atoms with Gasteiger partial charge in [0.05, 0.1) is 23.5 Å². The zero-order chi connectivity index (χ0) is 22.9. The summed E-state index contributed by atoms with van der Waals surface area (Å²) in [5.41, 5.74) is 11.0. The van der Waals surface area contributed by atoms with Crippen LogP contribution in [0.15, 0.2) is 49.2 Å². The molecule has 1 aliphatic rings. The summed E-state index contributed by atoms with van der Waals surface area (Å²) in [4.78, 5) is 9.51. The maximum Gasteiger partial charge on any atom is 0.128 e. The minimum atomic E-state index is 0.405. The number of piperazine rings is 1. The van der Waals surface area contributed by atoms with Crippen LogP contribution in [0.25, 0.3) is 27.8 Å². The van der Waals surface area contributed by atoms with Gasteiger partial charge in [0.15, 0.2) is 0 Å². The molecule has 0 saturated carbocycles. The van der Waals surface area contributed by atoms with Crippen molar-refractivity contribution in [2.24, 2.45) is 12.8 Å². The maximum atomic E-state index is 9.63. The molecule has 1 aliphatic heterocycles. The first kappa shape index (κ1) is 21.1. The van der Waals surface area contributed by atoms with Crippen molar-refractivity contribution in [3.63, 3.8) is 0 Å². The number of nitrogens with zero attached hydrogens (tertiary/aromatic N) is 8. The summed E-state index contributed by atoms with van der Waals surface area (Å²) in [7, 11) is 1.89. The Morgan fingerprint density at radius 3 is 2.48 bits per heavy atom. The van der Waals surface area contributed by atoms with Crippen LogP contribution in [0.1, 0.15) is 12.5 Å². The van der Waals surface area contributed by atoms with Gasteiger partial charge in [-0.15, -0.1) is 0 Å². The Morgan fingerprint density at radius 1 is 1.03 bits per heavy atom. The van der Waals surface area contributed by atoms with E-state index in [0.29, 0.717) is 18.2 Å². The fourth-order valence-corrected chi connectivity index (χ4v) is 4.42. The van der Waals surface area contributed by atoms with Crippen LogP contribution < -0.4 is 10.6 Å². The zero-order valence-electron chi connectivity index (χ0n) is 18.9. The molecule has 4 aromatic rings. The fourth-order valence-electron chi connectivity index (χ4n) is 4.42. The van der Waals surface area contributed by atoms with E-state index >= 15 is 0 Å². The number of nitrogens with two attached hydrogens (primary N) is 1. The molecule has 168 valence electrons. The molecule has 9 heteroatoms. The van der Waals surface area contributed by atoms with E-state index in [9.17, 15) is 5.26 Å². The van der Waals surface area contributed by atoms with Crippen LogP contribution in [0.3, 0.4) is 0 Å². The van der Waals surface area contributed by atoms with Crippen LogP contribution >= 0.6 is 0 Å². The van der Waals surface area contributed by atoms with Gasteiger partial charge in [-0.05, 0) is 25.1 Å². The second kappa shape index (κ2) is 8.65.